The van der Waals surface area contributed by atoms with Gasteiger partial charge in [-0.3, -0.25) is 0 Å². The molecule has 23 heavy (non-hydrogen) atoms. The molecule has 0 atom stereocenters. The van der Waals surface area contributed by atoms with E-state index in [0.29, 0.717) is 0 Å². The van der Waals surface area contributed by atoms with E-state index in [0.717, 1.165) is 28.0 Å². The zero-order valence-electron chi connectivity index (χ0n) is 12.1. The summed E-state index contributed by atoms with van der Waals surface area (Å²) >= 11 is 0. The lowest BCUT2D eigenvalue weighted by Gasteiger charge is -2.17. The van der Waals surface area contributed by atoms with Crippen molar-refractivity contribution in [3.63, 3.8) is 0 Å². The first-order valence-electron chi connectivity index (χ1n) is 6.45. The number of ether oxygens (including phenoxy) is 1. The fourth-order valence-corrected chi connectivity index (χ4v) is 1.95. The Labute approximate surface area is 134 Å². The third-order valence-electron chi connectivity index (χ3n) is 2.91. The van der Waals surface area contributed by atoms with Gasteiger partial charge in [-0.05, 0) is 30.3 Å². The highest BCUT2D eigenvalue weighted by Gasteiger charge is 2.14. The zero-order valence-corrected chi connectivity index (χ0v) is 12.9. The Morgan fingerprint density at radius 3 is 2.13 bits per heavy atom. The Balaban J connectivity index is 0.000000338. The molecule has 0 saturated carbocycles. The number of halogens is 1. The molecule has 7 heteroatoms. The van der Waals surface area contributed by atoms with Crippen molar-refractivity contribution in [2.24, 2.45) is 0 Å². The molecule has 6 nitrogen and oxygen atoms in total. The predicted molar refractivity (Wildman–Crippen MR) is 72.6 cm³/mol. The fraction of sp³-hybridized carbons (Fsp3) is 0.0625. The molecule has 0 amide bonds. The maximum Gasteiger partial charge on any atom is 0.361 e. The van der Waals surface area contributed by atoms with Crippen LogP contribution in [0.2, 0.25) is 0 Å². The first kappa shape index (κ1) is 17.1. The quantitative estimate of drug-likeness (QED) is 0.590. The van der Waals surface area contributed by atoms with Crippen molar-refractivity contribution < 1.29 is 38.0 Å². The zero-order chi connectivity index (χ0) is 16.9. The van der Waals surface area contributed by atoms with Gasteiger partial charge in [0, 0.05) is 12.1 Å². The highest BCUT2D eigenvalue weighted by Crippen LogP contribution is 2.26. The third kappa shape index (κ3) is 5.48. The van der Waals surface area contributed by atoms with Crippen LogP contribution >= 0.6 is 0 Å². The largest absolute Gasteiger partial charge is 0.497 e. The van der Waals surface area contributed by atoms with Crippen LogP contribution < -0.4 is 23.4 Å². The van der Waals surface area contributed by atoms with Crippen molar-refractivity contribution in [2.75, 3.05) is 7.11 Å². The Bertz CT molecular complexity index is 764. The summed E-state index contributed by atoms with van der Waals surface area (Å²) in [6.07, 6.45) is 0. The van der Waals surface area contributed by atoms with E-state index < -0.39 is 10.2 Å². The lowest BCUT2D eigenvalue weighted by molar-refractivity contribution is -2.00. The van der Waals surface area contributed by atoms with Gasteiger partial charge in [0.2, 0.25) is 0 Å². The molecule has 3 rings (SSSR count). The summed E-state index contributed by atoms with van der Waals surface area (Å²) in [4.78, 5) is 0. The Hall–Kier alpha value is -2.22. The molecule has 0 unspecified atom stereocenters. The second-order valence-corrected chi connectivity index (χ2v) is 5.20. The van der Waals surface area contributed by atoms with E-state index in [-0.39, 0.29) is 0 Å². The summed E-state index contributed by atoms with van der Waals surface area (Å²) in [5, 5.41) is 1.04. The number of fused-ring (bicyclic) bond motifs is 1. The Kier molecular flexibility index (Phi) is 5.49. The summed E-state index contributed by atoms with van der Waals surface area (Å²) in [6.45, 7) is 0. The molecule has 0 fully saturated rings. The molecule has 0 N–H and O–H groups in total. The van der Waals surface area contributed by atoms with Gasteiger partial charge in [-0.1, -0.05) is 18.2 Å². The second-order valence-electron chi connectivity index (χ2n) is 4.45. The van der Waals surface area contributed by atoms with Gasteiger partial charge >= 0.3 is 11.3 Å². The second kappa shape index (κ2) is 7.36. The predicted octanol–water partition coefficient (Wildman–Crippen LogP) is -0.367. The SMILES string of the molecule is COc1ccc2[o+]c(-c3ccccc3)ccc2c1.[O-][Cl+3]([O-])([O-])[O-]. The number of hydrogen-bond acceptors (Lipinski definition) is 5. The van der Waals surface area contributed by atoms with Crippen molar-refractivity contribution in [1.82, 2.24) is 0 Å². The van der Waals surface area contributed by atoms with Crippen molar-refractivity contribution in [3.05, 3.63) is 60.7 Å². The van der Waals surface area contributed by atoms with Gasteiger partial charge < -0.3 is 4.74 Å². The van der Waals surface area contributed by atoms with E-state index in [1.165, 1.54) is 0 Å². The van der Waals surface area contributed by atoms with Crippen LogP contribution in [0.15, 0.2) is 65.1 Å². The number of rotatable bonds is 2. The molecule has 1 heterocycles. The van der Waals surface area contributed by atoms with Crippen LogP contribution in [0, 0.1) is 10.2 Å². The number of methoxy groups -OCH3 is 1. The maximum atomic E-state index is 8.49. The summed E-state index contributed by atoms with van der Waals surface area (Å²) in [7, 11) is -3.28. The molecule has 1 aromatic heterocycles. The van der Waals surface area contributed by atoms with Crippen LogP contribution in [-0.4, -0.2) is 7.11 Å². The van der Waals surface area contributed by atoms with Gasteiger partial charge in [0.15, 0.2) is 0 Å². The Morgan fingerprint density at radius 1 is 0.870 bits per heavy atom. The topological polar surface area (TPSA) is 113 Å². The van der Waals surface area contributed by atoms with Crippen LogP contribution in [0.5, 0.6) is 5.75 Å². The molecule has 120 valence electrons. The summed E-state index contributed by atoms with van der Waals surface area (Å²) in [6, 6.07) is 19.9. The van der Waals surface area contributed by atoms with E-state index in [2.05, 4.69) is 0 Å². The molecular weight excluding hydrogens is 324 g/mol. The monoisotopic (exact) mass is 336 g/mol. The van der Waals surface area contributed by atoms with Crippen molar-refractivity contribution in [2.45, 2.75) is 0 Å². The lowest BCUT2D eigenvalue weighted by atomic mass is 10.1. The molecule has 0 aliphatic rings. The van der Waals surface area contributed by atoms with Gasteiger partial charge in [-0.15, -0.1) is 10.2 Å². The summed E-state index contributed by atoms with van der Waals surface area (Å²) < 4.78 is 45.1. The van der Waals surface area contributed by atoms with Gasteiger partial charge in [-0.25, -0.2) is 23.1 Å². The van der Waals surface area contributed by atoms with Crippen LogP contribution in [0.25, 0.3) is 22.3 Å². The number of hydrogen-bond donors (Lipinski definition) is 0. The third-order valence-corrected chi connectivity index (χ3v) is 2.91. The maximum absolute atomic E-state index is 8.49. The first-order valence-corrected chi connectivity index (χ1v) is 7.68. The normalized spacial score (nSPS) is 10.8. The summed E-state index contributed by atoms with van der Waals surface area (Å²) in [5.74, 6) is 1.71. The molecule has 0 bridgehead atoms. The molecule has 0 radical (unpaired) electrons. The minimum atomic E-state index is -4.94. The van der Waals surface area contributed by atoms with E-state index in [1.807, 2.05) is 60.7 Å². The van der Waals surface area contributed by atoms with Crippen LogP contribution in [0.4, 0.5) is 0 Å². The van der Waals surface area contributed by atoms with Crippen LogP contribution in [0.3, 0.4) is 0 Å². The van der Waals surface area contributed by atoms with E-state index in [4.69, 9.17) is 27.8 Å². The van der Waals surface area contributed by atoms with Crippen molar-refractivity contribution in [3.8, 4) is 17.1 Å². The highest BCUT2D eigenvalue weighted by molar-refractivity contribution is 5.80. The average Bonchev–Trinajstić information content (AvgIpc) is 2.53. The van der Waals surface area contributed by atoms with Crippen LogP contribution in [0.1, 0.15) is 0 Å². The van der Waals surface area contributed by atoms with Gasteiger partial charge in [0.1, 0.15) is 5.75 Å². The van der Waals surface area contributed by atoms with Crippen molar-refractivity contribution >= 4 is 11.0 Å². The van der Waals surface area contributed by atoms with E-state index >= 15 is 0 Å². The average molecular weight is 337 g/mol. The highest BCUT2D eigenvalue weighted by atomic mass is 35.7. The fourth-order valence-electron chi connectivity index (χ4n) is 1.95. The Morgan fingerprint density at radius 2 is 1.52 bits per heavy atom. The standard InChI is InChI=1S/C16H13O2.ClHO4/c1-17-14-8-10-16-13(11-14)7-9-15(18-16)12-5-3-2-4-6-12;2-1(3,4)5/h2-11H,1H3;(H,2,3,4,5)/q+1;/p-1. The van der Waals surface area contributed by atoms with E-state index in [1.54, 1.807) is 7.11 Å². The van der Waals surface area contributed by atoms with Crippen LogP contribution in [-0.2, 0) is 0 Å². The minimum Gasteiger partial charge on any atom is -0.497 e. The van der Waals surface area contributed by atoms with Crippen molar-refractivity contribution in [1.29, 1.82) is 0 Å². The molecule has 0 saturated heterocycles. The number of benzene rings is 2. The molecular formula is C16H13ClO6. The molecule has 0 spiro atoms. The van der Waals surface area contributed by atoms with Gasteiger partial charge in [0.05, 0.1) is 18.1 Å². The summed E-state index contributed by atoms with van der Waals surface area (Å²) in [5.41, 5.74) is 1.94. The van der Waals surface area contributed by atoms with Gasteiger partial charge in [0.25, 0.3) is 0 Å². The van der Waals surface area contributed by atoms with E-state index in [9.17, 15) is 0 Å². The first-order chi connectivity index (χ1) is 10.9. The minimum absolute atomic E-state index is 0.838. The van der Waals surface area contributed by atoms with Gasteiger partial charge in [-0.2, -0.15) is 0 Å². The smallest absolute Gasteiger partial charge is 0.361 e. The molecule has 0 aliphatic carbocycles. The molecule has 2 aromatic carbocycles. The molecule has 3 aromatic rings. The lowest BCUT2D eigenvalue weighted by Crippen LogP contribution is -2.68. The molecule has 0 aliphatic heterocycles.